The van der Waals surface area contributed by atoms with E-state index in [4.69, 9.17) is 5.11 Å². The quantitative estimate of drug-likeness (QED) is 0.612. The molecule has 0 aromatic heterocycles. The van der Waals surface area contributed by atoms with Gasteiger partial charge in [0, 0.05) is 12.6 Å². The second-order valence-corrected chi connectivity index (χ2v) is 3.98. The normalized spacial score (nSPS) is 13.8. The molecule has 1 aromatic rings. The van der Waals surface area contributed by atoms with Crippen molar-refractivity contribution >= 4 is 12.4 Å². The molecule has 2 atom stereocenters. The maximum atomic E-state index is 9.83. The summed E-state index contributed by atoms with van der Waals surface area (Å²) in [6.45, 7) is 4.54. The van der Waals surface area contributed by atoms with E-state index in [-0.39, 0.29) is 23.9 Å². The molecule has 4 nitrogen and oxygen atoms in total. The third-order valence-corrected chi connectivity index (χ3v) is 2.66. The van der Waals surface area contributed by atoms with Gasteiger partial charge < -0.3 is 20.6 Å². The van der Waals surface area contributed by atoms with Gasteiger partial charge in [0.15, 0.2) is 11.5 Å². The van der Waals surface area contributed by atoms with Crippen LogP contribution in [0, 0.1) is 0 Å². The Kier molecular flexibility index (Phi) is 6.95. The van der Waals surface area contributed by atoms with Gasteiger partial charge in [-0.1, -0.05) is 13.0 Å². The average molecular weight is 262 g/mol. The minimum atomic E-state index is -0.680. The van der Waals surface area contributed by atoms with Crippen molar-refractivity contribution < 1.29 is 15.3 Å². The topological polar surface area (TPSA) is 72.7 Å². The zero-order valence-corrected chi connectivity index (χ0v) is 10.9. The molecule has 98 valence electrons. The number of aliphatic hydroxyl groups is 1. The highest BCUT2D eigenvalue weighted by molar-refractivity contribution is 5.85. The van der Waals surface area contributed by atoms with E-state index in [0.29, 0.717) is 18.2 Å². The first-order valence-corrected chi connectivity index (χ1v) is 5.48. The van der Waals surface area contributed by atoms with E-state index in [2.05, 4.69) is 12.2 Å². The van der Waals surface area contributed by atoms with Crippen LogP contribution in [0.15, 0.2) is 18.2 Å². The first kappa shape index (κ1) is 16.0. The lowest BCUT2D eigenvalue weighted by Crippen LogP contribution is -2.29. The van der Waals surface area contributed by atoms with Gasteiger partial charge in [0.2, 0.25) is 0 Å². The van der Waals surface area contributed by atoms with Crippen LogP contribution in [0.4, 0.5) is 0 Å². The van der Waals surface area contributed by atoms with Crippen molar-refractivity contribution in [1.82, 2.24) is 5.32 Å². The van der Waals surface area contributed by atoms with Crippen molar-refractivity contribution in [2.75, 3.05) is 6.54 Å². The predicted molar refractivity (Wildman–Crippen MR) is 69.7 cm³/mol. The van der Waals surface area contributed by atoms with E-state index < -0.39 is 6.10 Å². The Bertz CT molecular complexity index is 347. The second-order valence-electron chi connectivity index (χ2n) is 3.98. The molecule has 1 rings (SSSR count). The summed E-state index contributed by atoms with van der Waals surface area (Å²) in [5.41, 5.74) is 0.589. The lowest BCUT2D eigenvalue weighted by atomic mass is 10.1. The van der Waals surface area contributed by atoms with Crippen molar-refractivity contribution in [2.24, 2.45) is 0 Å². The Hall–Kier alpha value is -0.970. The van der Waals surface area contributed by atoms with Crippen LogP contribution in [0.1, 0.15) is 31.9 Å². The molecule has 0 bridgehead atoms. The van der Waals surface area contributed by atoms with Crippen molar-refractivity contribution in [3.8, 4) is 11.5 Å². The molecule has 0 amide bonds. The standard InChI is InChI=1S/C12H19NO3.ClH/c1-3-8(2)13-7-12(16)9-4-5-10(14)11(15)6-9;/h4-6,8,12-16H,3,7H2,1-2H3;1H. The summed E-state index contributed by atoms with van der Waals surface area (Å²) < 4.78 is 0. The first-order chi connectivity index (χ1) is 7.54. The van der Waals surface area contributed by atoms with Gasteiger partial charge in [0.25, 0.3) is 0 Å². The minimum Gasteiger partial charge on any atom is -0.504 e. The molecule has 0 saturated carbocycles. The third-order valence-electron chi connectivity index (χ3n) is 2.66. The van der Waals surface area contributed by atoms with Crippen LogP contribution >= 0.6 is 12.4 Å². The van der Waals surface area contributed by atoms with Crippen LogP contribution in [-0.2, 0) is 0 Å². The molecule has 0 radical (unpaired) electrons. The first-order valence-electron chi connectivity index (χ1n) is 5.48. The van der Waals surface area contributed by atoms with E-state index >= 15 is 0 Å². The summed E-state index contributed by atoms with van der Waals surface area (Å²) in [6, 6.07) is 4.69. The number of phenols is 2. The van der Waals surface area contributed by atoms with Gasteiger partial charge in [-0.05, 0) is 31.0 Å². The highest BCUT2D eigenvalue weighted by atomic mass is 35.5. The number of nitrogens with one attached hydrogen (secondary N) is 1. The predicted octanol–water partition coefficient (Wildman–Crippen LogP) is 1.94. The summed E-state index contributed by atoms with van der Waals surface area (Å²) in [5.74, 6) is -0.383. The number of rotatable bonds is 5. The Balaban J connectivity index is 0.00000256. The Morgan fingerprint density at radius 1 is 1.24 bits per heavy atom. The maximum absolute atomic E-state index is 9.83. The van der Waals surface area contributed by atoms with Crippen molar-refractivity contribution in [3.05, 3.63) is 23.8 Å². The van der Waals surface area contributed by atoms with Gasteiger partial charge in [-0.2, -0.15) is 0 Å². The molecule has 0 saturated heterocycles. The van der Waals surface area contributed by atoms with Crippen LogP contribution in [0.2, 0.25) is 0 Å². The molecule has 0 aliphatic heterocycles. The molecule has 2 unspecified atom stereocenters. The van der Waals surface area contributed by atoms with E-state index in [1.165, 1.54) is 12.1 Å². The molecule has 0 fully saturated rings. The van der Waals surface area contributed by atoms with Crippen LogP contribution in [0.3, 0.4) is 0 Å². The summed E-state index contributed by atoms with van der Waals surface area (Å²) in [6.07, 6.45) is 0.314. The van der Waals surface area contributed by atoms with Gasteiger partial charge in [0.1, 0.15) is 0 Å². The number of hydrogen-bond donors (Lipinski definition) is 4. The average Bonchev–Trinajstić information content (AvgIpc) is 2.29. The molecular weight excluding hydrogens is 242 g/mol. The van der Waals surface area contributed by atoms with Crippen molar-refractivity contribution in [2.45, 2.75) is 32.4 Å². The van der Waals surface area contributed by atoms with E-state index in [9.17, 15) is 10.2 Å². The molecule has 1 aromatic carbocycles. The molecule has 5 heteroatoms. The molecule has 4 N–H and O–H groups in total. The summed E-state index contributed by atoms with van der Waals surface area (Å²) in [5, 5.41) is 31.4. The fourth-order valence-corrected chi connectivity index (χ4v) is 1.32. The molecule has 17 heavy (non-hydrogen) atoms. The lowest BCUT2D eigenvalue weighted by molar-refractivity contribution is 0.170. The largest absolute Gasteiger partial charge is 0.504 e. The number of phenolic OH excluding ortho intramolecular Hbond substituents is 2. The molecule has 0 spiro atoms. The Morgan fingerprint density at radius 2 is 1.88 bits per heavy atom. The number of aromatic hydroxyl groups is 2. The van der Waals surface area contributed by atoms with Gasteiger partial charge in [0.05, 0.1) is 6.10 Å². The molecular formula is C12H20ClNO3. The fourth-order valence-electron chi connectivity index (χ4n) is 1.32. The highest BCUT2D eigenvalue weighted by Gasteiger charge is 2.10. The third kappa shape index (κ3) is 4.81. The Labute approximate surface area is 108 Å². The highest BCUT2D eigenvalue weighted by Crippen LogP contribution is 2.27. The van der Waals surface area contributed by atoms with E-state index in [1.807, 2.05) is 6.92 Å². The summed E-state index contributed by atoms with van der Waals surface area (Å²) in [7, 11) is 0. The van der Waals surface area contributed by atoms with Crippen molar-refractivity contribution in [3.63, 3.8) is 0 Å². The number of benzene rings is 1. The molecule has 0 heterocycles. The maximum Gasteiger partial charge on any atom is 0.157 e. The van der Waals surface area contributed by atoms with Crippen LogP contribution in [0.5, 0.6) is 11.5 Å². The van der Waals surface area contributed by atoms with Gasteiger partial charge in [-0.25, -0.2) is 0 Å². The van der Waals surface area contributed by atoms with Gasteiger partial charge in [-0.15, -0.1) is 12.4 Å². The Morgan fingerprint density at radius 3 is 2.41 bits per heavy atom. The summed E-state index contributed by atoms with van der Waals surface area (Å²) in [4.78, 5) is 0. The zero-order chi connectivity index (χ0) is 12.1. The smallest absolute Gasteiger partial charge is 0.157 e. The van der Waals surface area contributed by atoms with Crippen LogP contribution in [-0.4, -0.2) is 27.9 Å². The van der Waals surface area contributed by atoms with E-state index in [0.717, 1.165) is 6.42 Å². The van der Waals surface area contributed by atoms with Gasteiger partial charge in [-0.3, -0.25) is 0 Å². The summed E-state index contributed by atoms with van der Waals surface area (Å²) >= 11 is 0. The number of halogens is 1. The monoisotopic (exact) mass is 261 g/mol. The molecule has 0 aliphatic carbocycles. The molecule has 0 aliphatic rings. The minimum absolute atomic E-state index is 0. The van der Waals surface area contributed by atoms with Crippen molar-refractivity contribution in [1.29, 1.82) is 0 Å². The lowest BCUT2D eigenvalue weighted by Gasteiger charge is -2.16. The van der Waals surface area contributed by atoms with Crippen LogP contribution < -0.4 is 5.32 Å². The van der Waals surface area contributed by atoms with E-state index in [1.54, 1.807) is 6.07 Å². The number of aliphatic hydroxyl groups excluding tert-OH is 1. The SMILES string of the molecule is CCC(C)NCC(O)c1ccc(O)c(O)c1.Cl. The second kappa shape index (κ2) is 7.37. The zero-order valence-electron chi connectivity index (χ0n) is 10.1. The fraction of sp³-hybridized carbons (Fsp3) is 0.500. The number of hydrogen-bond acceptors (Lipinski definition) is 4. The van der Waals surface area contributed by atoms with Crippen LogP contribution in [0.25, 0.3) is 0 Å². The van der Waals surface area contributed by atoms with Gasteiger partial charge >= 0.3 is 0 Å².